The van der Waals surface area contributed by atoms with Crippen molar-refractivity contribution in [2.75, 3.05) is 27.9 Å². The SMILES string of the molecule is C=C(C)C(NCCC1(CCC[Si](OC)(OC)OC)C=CC=N1)c1ccccc1. The van der Waals surface area contributed by atoms with Crippen LogP contribution in [-0.4, -0.2) is 48.4 Å². The molecule has 0 bridgehead atoms. The van der Waals surface area contributed by atoms with Crippen LogP contribution in [-0.2, 0) is 13.3 Å². The van der Waals surface area contributed by atoms with Crippen LogP contribution in [0.2, 0.25) is 6.04 Å². The Kier molecular flexibility index (Phi) is 8.79. The average Bonchev–Trinajstić information content (AvgIpc) is 3.18. The van der Waals surface area contributed by atoms with Crippen molar-refractivity contribution in [2.45, 2.75) is 43.8 Å². The normalized spacial score (nSPS) is 19.9. The van der Waals surface area contributed by atoms with Crippen molar-refractivity contribution < 1.29 is 13.3 Å². The van der Waals surface area contributed by atoms with Crippen molar-refractivity contribution in [3.8, 4) is 0 Å². The predicted octanol–water partition coefficient (Wildman–Crippen LogP) is 4.32. The third-order valence-electron chi connectivity index (χ3n) is 5.38. The van der Waals surface area contributed by atoms with Crippen molar-refractivity contribution in [3.63, 3.8) is 0 Å². The summed E-state index contributed by atoms with van der Waals surface area (Å²) in [4.78, 5) is 4.77. The van der Waals surface area contributed by atoms with Gasteiger partial charge in [-0.3, -0.25) is 4.99 Å². The van der Waals surface area contributed by atoms with Gasteiger partial charge in [0.15, 0.2) is 0 Å². The minimum atomic E-state index is -2.53. The maximum atomic E-state index is 5.54. The molecular weight excluding hydrogens is 368 g/mol. The third-order valence-corrected chi connectivity index (χ3v) is 8.21. The summed E-state index contributed by atoms with van der Waals surface area (Å²) in [7, 11) is 2.45. The molecule has 1 heterocycles. The van der Waals surface area contributed by atoms with Gasteiger partial charge in [-0.25, -0.2) is 0 Å². The Hall–Kier alpha value is -1.57. The Morgan fingerprint density at radius 3 is 2.36 bits per heavy atom. The first-order valence-corrected chi connectivity index (χ1v) is 11.8. The van der Waals surface area contributed by atoms with E-state index in [4.69, 9.17) is 18.3 Å². The monoisotopic (exact) mass is 402 g/mol. The fourth-order valence-corrected chi connectivity index (χ4v) is 5.42. The van der Waals surface area contributed by atoms with Crippen LogP contribution in [0.5, 0.6) is 0 Å². The molecule has 1 aromatic rings. The van der Waals surface area contributed by atoms with Gasteiger partial charge in [0, 0.05) is 33.6 Å². The molecule has 2 unspecified atom stereocenters. The van der Waals surface area contributed by atoms with E-state index >= 15 is 0 Å². The Bertz CT molecular complexity index is 651. The van der Waals surface area contributed by atoms with Crippen LogP contribution in [0.15, 0.2) is 59.6 Å². The van der Waals surface area contributed by atoms with E-state index in [0.29, 0.717) is 0 Å². The summed E-state index contributed by atoms with van der Waals surface area (Å²) < 4.78 is 16.6. The van der Waals surface area contributed by atoms with Crippen LogP contribution in [0.4, 0.5) is 0 Å². The predicted molar refractivity (Wildman–Crippen MR) is 118 cm³/mol. The van der Waals surface area contributed by atoms with Gasteiger partial charge in [-0.15, -0.1) is 0 Å². The van der Waals surface area contributed by atoms with Crippen LogP contribution >= 0.6 is 0 Å². The number of benzene rings is 1. The van der Waals surface area contributed by atoms with E-state index < -0.39 is 8.80 Å². The molecule has 0 radical (unpaired) electrons. The van der Waals surface area contributed by atoms with Gasteiger partial charge in [-0.1, -0.05) is 48.6 Å². The summed E-state index contributed by atoms with van der Waals surface area (Å²) in [6.45, 7) is 7.09. The molecule has 28 heavy (non-hydrogen) atoms. The second kappa shape index (κ2) is 10.8. The molecular formula is C22H34N2O3Si. The molecule has 0 spiro atoms. The van der Waals surface area contributed by atoms with E-state index in [1.54, 1.807) is 21.3 Å². The van der Waals surface area contributed by atoms with Gasteiger partial charge in [0.05, 0.1) is 11.6 Å². The van der Waals surface area contributed by atoms with E-state index in [1.807, 2.05) is 18.4 Å². The van der Waals surface area contributed by atoms with Gasteiger partial charge < -0.3 is 18.6 Å². The van der Waals surface area contributed by atoms with Crippen molar-refractivity contribution in [2.24, 2.45) is 4.99 Å². The summed E-state index contributed by atoms with van der Waals surface area (Å²) in [5.41, 5.74) is 2.19. The Morgan fingerprint density at radius 2 is 1.82 bits per heavy atom. The second-order valence-corrected chi connectivity index (χ2v) is 10.4. The van der Waals surface area contributed by atoms with Gasteiger partial charge in [0.25, 0.3) is 0 Å². The highest BCUT2D eigenvalue weighted by Crippen LogP contribution is 2.30. The molecule has 1 N–H and O–H groups in total. The lowest BCUT2D eigenvalue weighted by Crippen LogP contribution is -2.43. The van der Waals surface area contributed by atoms with Gasteiger partial charge >= 0.3 is 8.80 Å². The standard InChI is InChI=1S/C22H34N2O3Si/c1-19(2)21(20-11-7-6-8-12-20)23-17-15-22(13-9-16-24-22)14-10-18-28(25-3,26-4)27-5/h6-9,11-13,16,21,23H,1,10,14-15,17-18H2,2-5H3. The number of hydrogen-bond donors (Lipinski definition) is 1. The zero-order valence-electron chi connectivity index (χ0n) is 17.6. The molecule has 1 aliphatic rings. The molecule has 6 heteroatoms. The van der Waals surface area contributed by atoms with E-state index in [2.05, 4.69) is 49.2 Å². The molecule has 0 aliphatic carbocycles. The van der Waals surface area contributed by atoms with Gasteiger partial charge in [0.2, 0.25) is 0 Å². The summed E-state index contributed by atoms with van der Waals surface area (Å²) >= 11 is 0. The molecule has 5 nitrogen and oxygen atoms in total. The number of nitrogens with one attached hydrogen (secondary N) is 1. The lowest BCUT2D eigenvalue weighted by molar-refractivity contribution is 0.122. The van der Waals surface area contributed by atoms with E-state index in [-0.39, 0.29) is 11.6 Å². The van der Waals surface area contributed by atoms with E-state index in [9.17, 15) is 0 Å². The molecule has 2 atom stereocenters. The summed E-state index contributed by atoms with van der Waals surface area (Å²) in [6, 6.07) is 11.4. The second-order valence-electron chi connectivity index (χ2n) is 7.28. The maximum absolute atomic E-state index is 5.54. The van der Waals surface area contributed by atoms with Crippen molar-refractivity contribution in [1.82, 2.24) is 5.32 Å². The highest BCUT2D eigenvalue weighted by Gasteiger charge is 2.38. The van der Waals surface area contributed by atoms with Gasteiger partial charge in [-0.05, 0) is 44.4 Å². The zero-order chi connectivity index (χ0) is 20.5. The molecule has 0 aromatic heterocycles. The highest BCUT2D eigenvalue weighted by molar-refractivity contribution is 6.60. The lowest BCUT2D eigenvalue weighted by Gasteiger charge is -2.29. The summed E-state index contributed by atoms with van der Waals surface area (Å²) in [5.74, 6) is 0. The minimum Gasteiger partial charge on any atom is -0.377 e. The first-order chi connectivity index (χ1) is 13.5. The van der Waals surface area contributed by atoms with Crippen LogP contribution in [0, 0.1) is 0 Å². The van der Waals surface area contributed by atoms with E-state index in [0.717, 1.165) is 37.4 Å². The lowest BCUT2D eigenvalue weighted by atomic mass is 9.91. The largest absolute Gasteiger partial charge is 0.500 e. The Morgan fingerprint density at radius 1 is 1.14 bits per heavy atom. The van der Waals surface area contributed by atoms with Crippen LogP contribution in [0.25, 0.3) is 0 Å². The molecule has 1 aromatic carbocycles. The van der Waals surface area contributed by atoms with Gasteiger partial charge in [0.1, 0.15) is 0 Å². The maximum Gasteiger partial charge on any atom is 0.500 e. The number of aliphatic imine (C=N–C) groups is 1. The Balaban J connectivity index is 1.92. The first-order valence-electron chi connectivity index (χ1n) is 9.82. The topological polar surface area (TPSA) is 52.1 Å². The van der Waals surface area contributed by atoms with Crippen molar-refractivity contribution in [1.29, 1.82) is 0 Å². The smallest absolute Gasteiger partial charge is 0.377 e. The quantitative estimate of drug-likeness (QED) is 0.394. The molecule has 154 valence electrons. The van der Waals surface area contributed by atoms with E-state index in [1.165, 1.54) is 5.56 Å². The highest BCUT2D eigenvalue weighted by atomic mass is 28.4. The molecule has 0 saturated carbocycles. The van der Waals surface area contributed by atoms with Crippen molar-refractivity contribution >= 4 is 15.0 Å². The Labute approximate surface area is 170 Å². The van der Waals surface area contributed by atoms with Gasteiger partial charge in [-0.2, -0.15) is 0 Å². The summed E-state index contributed by atoms with van der Waals surface area (Å²) in [6.07, 6.45) is 8.96. The van der Waals surface area contributed by atoms with Crippen LogP contribution in [0.3, 0.4) is 0 Å². The number of nitrogens with zero attached hydrogens (tertiary/aromatic N) is 1. The molecule has 2 rings (SSSR count). The molecule has 1 aliphatic heterocycles. The molecule has 0 saturated heterocycles. The number of rotatable bonds is 13. The fraction of sp³-hybridized carbons (Fsp3) is 0.500. The zero-order valence-corrected chi connectivity index (χ0v) is 18.6. The minimum absolute atomic E-state index is 0.156. The third kappa shape index (κ3) is 5.96. The van der Waals surface area contributed by atoms with Crippen molar-refractivity contribution in [3.05, 3.63) is 60.2 Å². The molecule has 0 amide bonds. The van der Waals surface area contributed by atoms with Crippen LogP contribution < -0.4 is 5.32 Å². The average molecular weight is 403 g/mol. The summed E-state index contributed by atoms with van der Waals surface area (Å²) in [5, 5.41) is 3.65. The number of hydrogen-bond acceptors (Lipinski definition) is 5. The fourth-order valence-electron chi connectivity index (χ4n) is 3.70. The first kappa shape index (κ1) is 22.7. The van der Waals surface area contributed by atoms with Crippen LogP contribution in [0.1, 0.15) is 37.8 Å². The molecule has 0 fully saturated rings. The number of allylic oxidation sites excluding steroid dienone is 1.